The molecule has 0 aliphatic rings. The Morgan fingerprint density at radius 2 is 1.52 bits per heavy atom. The highest BCUT2D eigenvalue weighted by molar-refractivity contribution is 5.94. The zero-order chi connectivity index (χ0) is 23.8. The molecule has 0 aliphatic carbocycles. The lowest BCUT2D eigenvalue weighted by Gasteiger charge is -2.13. The number of ether oxygens (including phenoxy) is 2. The van der Waals surface area contributed by atoms with Crippen LogP contribution in [0.2, 0.25) is 0 Å². The lowest BCUT2D eigenvalue weighted by Crippen LogP contribution is -2.16. The maximum absolute atomic E-state index is 12.6. The molecule has 1 N–H and O–H groups in total. The molecule has 0 spiro atoms. The molecule has 3 rings (SSSR count). The highest BCUT2D eigenvalue weighted by atomic mass is 16.5. The fourth-order valence-electron chi connectivity index (χ4n) is 3.54. The molecule has 3 aromatic rings. The molecule has 0 atom stereocenters. The van der Waals surface area contributed by atoms with Crippen molar-refractivity contribution in [3.63, 3.8) is 0 Å². The molecule has 0 unspecified atom stereocenters. The van der Waals surface area contributed by atoms with Gasteiger partial charge in [0.1, 0.15) is 0 Å². The van der Waals surface area contributed by atoms with Crippen molar-refractivity contribution in [2.45, 2.75) is 33.7 Å². The first kappa shape index (κ1) is 23.8. The van der Waals surface area contributed by atoms with Crippen molar-refractivity contribution in [3.8, 4) is 11.3 Å². The van der Waals surface area contributed by atoms with E-state index in [-0.39, 0.29) is 18.3 Å². The number of hydrogen-bond acceptors (Lipinski definition) is 5. The van der Waals surface area contributed by atoms with Gasteiger partial charge in [-0.05, 0) is 56.7 Å². The van der Waals surface area contributed by atoms with E-state index in [4.69, 9.17) is 9.47 Å². The highest BCUT2D eigenvalue weighted by Crippen LogP contribution is 2.27. The van der Waals surface area contributed by atoms with Gasteiger partial charge in [-0.3, -0.25) is 4.79 Å². The molecule has 172 valence electrons. The van der Waals surface area contributed by atoms with Gasteiger partial charge in [-0.25, -0.2) is 9.59 Å². The van der Waals surface area contributed by atoms with Crippen LogP contribution in [0, 0.1) is 6.92 Å². The van der Waals surface area contributed by atoms with Gasteiger partial charge in [0.2, 0.25) is 5.91 Å². The van der Waals surface area contributed by atoms with Crippen molar-refractivity contribution in [2.75, 3.05) is 18.5 Å². The third kappa shape index (κ3) is 5.88. The summed E-state index contributed by atoms with van der Waals surface area (Å²) in [7, 11) is 0. The van der Waals surface area contributed by atoms with Gasteiger partial charge < -0.3 is 19.4 Å². The quantitative estimate of drug-likeness (QED) is 0.473. The van der Waals surface area contributed by atoms with Crippen LogP contribution in [0.5, 0.6) is 0 Å². The molecule has 0 saturated carbocycles. The van der Waals surface area contributed by atoms with Crippen LogP contribution in [0.1, 0.15) is 46.7 Å². The summed E-state index contributed by atoms with van der Waals surface area (Å²) in [5, 5.41) is 2.84. The van der Waals surface area contributed by atoms with E-state index in [1.54, 1.807) is 38.1 Å². The van der Waals surface area contributed by atoms with Crippen molar-refractivity contribution in [1.29, 1.82) is 0 Å². The molecule has 0 radical (unpaired) electrons. The first-order chi connectivity index (χ1) is 15.9. The van der Waals surface area contributed by atoms with E-state index in [2.05, 4.69) is 5.32 Å². The molecule has 0 saturated heterocycles. The van der Waals surface area contributed by atoms with Gasteiger partial charge >= 0.3 is 11.9 Å². The number of carbonyl (C=O) groups excluding carboxylic acids is 3. The standard InChI is InChI=1S/C26H28N2O5/c1-4-32-25(30)20-11-13-21(14-12-20)27-24(29)15-16-28-18(3)22(26(31)33-5-2)17-23(28)19-9-7-6-8-10-19/h6-14,17H,4-5,15-16H2,1-3H3,(H,27,29). The van der Waals surface area contributed by atoms with Crippen molar-refractivity contribution < 1.29 is 23.9 Å². The van der Waals surface area contributed by atoms with Crippen LogP contribution in [-0.4, -0.2) is 35.6 Å². The zero-order valence-corrected chi connectivity index (χ0v) is 19.1. The maximum Gasteiger partial charge on any atom is 0.339 e. The van der Waals surface area contributed by atoms with Gasteiger partial charge in [-0.15, -0.1) is 0 Å². The number of amides is 1. The predicted molar refractivity (Wildman–Crippen MR) is 126 cm³/mol. The minimum absolute atomic E-state index is 0.177. The fraction of sp³-hybridized carbons (Fsp3) is 0.269. The summed E-state index contributed by atoms with van der Waals surface area (Å²) in [6, 6.07) is 18.1. The summed E-state index contributed by atoms with van der Waals surface area (Å²) in [6.07, 6.45) is 0.206. The van der Waals surface area contributed by atoms with Gasteiger partial charge in [0.05, 0.1) is 24.3 Å². The van der Waals surface area contributed by atoms with Crippen LogP contribution in [0.25, 0.3) is 11.3 Å². The first-order valence-electron chi connectivity index (χ1n) is 10.9. The van der Waals surface area contributed by atoms with E-state index in [1.165, 1.54) is 0 Å². The van der Waals surface area contributed by atoms with Crippen molar-refractivity contribution >= 4 is 23.5 Å². The largest absolute Gasteiger partial charge is 0.462 e. The van der Waals surface area contributed by atoms with Crippen LogP contribution in [0.15, 0.2) is 60.7 Å². The Morgan fingerprint density at radius 1 is 0.879 bits per heavy atom. The van der Waals surface area contributed by atoms with Crippen molar-refractivity contribution in [3.05, 3.63) is 77.5 Å². The van der Waals surface area contributed by atoms with E-state index in [9.17, 15) is 14.4 Å². The Balaban J connectivity index is 1.74. The molecular formula is C26H28N2O5. The van der Waals surface area contributed by atoms with Gasteiger partial charge in [0.15, 0.2) is 0 Å². The van der Waals surface area contributed by atoms with Gasteiger partial charge in [0.25, 0.3) is 0 Å². The molecule has 0 fully saturated rings. The predicted octanol–water partition coefficient (Wildman–Crippen LogP) is 4.85. The molecule has 7 nitrogen and oxygen atoms in total. The van der Waals surface area contributed by atoms with Crippen LogP contribution in [0.4, 0.5) is 5.69 Å². The van der Waals surface area contributed by atoms with Crippen LogP contribution in [0.3, 0.4) is 0 Å². The van der Waals surface area contributed by atoms with E-state index < -0.39 is 5.97 Å². The molecule has 7 heteroatoms. The smallest absolute Gasteiger partial charge is 0.339 e. The highest BCUT2D eigenvalue weighted by Gasteiger charge is 2.20. The molecule has 1 amide bonds. The third-order valence-electron chi connectivity index (χ3n) is 5.17. The average Bonchev–Trinajstić information content (AvgIpc) is 3.15. The third-order valence-corrected chi connectivity index (χ3v) is 5.17. The lowest BCUT2D eigenvalue weighted by molar-refractivity contribution is -0.116. The number of esters is 2. The Bertz CT molecular complexity index is 1120. The second-order valence-electron chi connectivity index (χ2n) is 7.36. The summed E-state index contributed by atoms with van der Waals surface area (Å²) in [5.41, 5.74) is 4.06. The molecule has 1 aromatic heterocycles. The normalized spacial score (nSPS) is 10.5. The SMILES string of the molecule is CCOC(=O)c1ccc(NC(=O)CCn2c(-c3ccccc3)cc(C(=O)OCC)c2C)cc1. The molecule has 0 bridgehead atoms. The second kappa shape index (κ2) is 11.1. The number of aromatic nitrogens is 1. The van der Waals surface area contributed by atoms with E-state index >= 15 is 0 Å². The number of benzene rings is 2. The van der Waals surface area contributed by atoms with E-state index in [1.807, 2.05) is 47.9 Å². The average molecular weight is 449 g/mol. The molecule has 33 heavy (non-hydrogen) atoms. The van der Waals surface area contributed by atoms with Crippen LogP contribution < -0.4 is 5.32 Å². The topological polar surface area (TPSA) is 86.6 Å². The number of anilines is 1. The summed E-state index contributed by atoms with van der Waals surface area (Å²) in [6.45, 7) is 6.36. The number of carbonyl (C=O) groups is 3. The molecule has 1 heterocycles. The Labute approximate surface area is 193 Å². The summed E-state index contributed by atoms with van der Waals surface area (Å²) in [5.74, 6) is -0.954. The minimum atomic E-state index is -0.399. The second-order valence-corrected chi connectivity index (χ2v) is 7.36. The lowest BCUT2D eigenvalue weighted by atomic mass is 10.1. The first-order valence-corrected chi connectivity index (χ1v) is 10.9. The van der Waals surface area contributed by atoms with Crippen LogP contribution in [-0.2, 0) is 20.8 Å². The fourth-order valence-corrected chi connectivity index (χ4v) is 3.54. The zero-order valence-electron chi connectivity index (χ0n) is 19.1. The molecule has 0 aliphatic heterocycles. The Hall–Kier alpha value is -3.87. The van der Waals surface area contributed by atoms with Gasteiger partial charge in [-0.1, -0.05) is 30.3 Å². The monoisotopic (exact) mass is 448 g/mol. The maximum atomic E-state index is 12.6. The molecule has 2 aromatic carbocycles. The number of rotatable bonds is 9. The van der Waals surface area contributed by atoms with Crippen molar-refractivity contribution in [1.82, 2.24) is 4.57 Å². The van der Waals surface area contributed by atoms with E-state index in [0.717, 1.165) is 17.0 Å². The van der Waals surface area contributed by atoms with Crippen LogP contribution >= 0.6 is 0 Å². The Morgan fingerprint density at radius 3 is 2.15 bits per heavy atom. The van der Waals surface area contributed by atoms with Crippen molar-refractivity contribution in [2.24, 2.45) is 0 Å². The summed E-state index contributed by atoms with van der Waals surface area (Å²) < 4.78 is 12.1. The number of nitrogens with one attached hydrogen (secondary N) is 1. The molecular weight excluding hydrogens is 420 g/mol. The summed E-state index contributed by atoms with van der Waals surface area (Å²) >= 11 is 0. The number of nitrogens with zero attached hydrogens (tertiary/aromatic N) is 1. The van der Waals surface area contributed by atoms with Gasteiger partial charge in [-0.2, -0.15) is 0 Å². The number of hydrogen-bond donors (Lipinski definition) is 1. The Kier molecular flexibility index (Phi) is 8.02. The minimum Gasteiger partial charge on any atom is -0.462 e. The van der Waals surface area contributed by atoms with E-state index in [0.29, 0.717) is 36.6 Å². The van der Waals surface area contributed by atoms with Gasteiger partial charge in [0, 0.05) is 30.0 Å². The summed E-state index contributed by atoms with van der Waals surface area (Å²) in [4.78, 5) is 36.8.